The monoisotopic (exact) mass is 477 g/mol. The van der Waals surface area contributed by atoms with Gasteiger partial charge in [-0.05, 0) is 47.3 Å². The molecule has 3 aromatic carbocycles. The number of Topliss-reactive ketones (excluding diaryl/α,β-unsaturated/α-hetero) is 1. The van der Waals surface area contributed by atoms with Crippen LogP contribution in [0.25, 0.3) is 0 Å². The summed E-state index contributed by atoms with van der Waals surface area (Å²) < 4.78 is 4.07. The van der Waals surface area contributed by atoms with Gasteiger partial charge in [-0.15, -0.1) is 0 Å². The van der Waals surface area contributed by atoms with Gasteiger partial charge in [-0.3, -0.25) is 9.10 Å². The fourth-order valence-electron chi connectivity index (χ4n) is 3.66. The van der Waals surface area contributed by atoms with E-state index in [1.807, 2.05) is 84.4 Å². The lowest BCUT2D eigenvalue weighted by atomic mass is 10.1. The largest absolute Gasteiger partial charge is 0.317 e. The molecule has 4 nitrogen and oxygen atoms in total. The van der Waals surface area contributed by atoms with Crippen molar-refractivity contribution in [1.29, 1.82) is 0 Å². The van der Waals surface area contributed by atoms with Crippen LogP contribution in [0.3, 0.4) is 0 Å². The Bertz CT molecular complexity index is 1240. The Balaban J connectivity index is 1.56. The van der Waals surface area contributed by atoms with Crippen molar-refractivity contribution < 1.29 is 4.79 Å². The summed E-state index contributed by atoms with van der Waals surface area (Å²) in [4.78, 5) is 19.6. The standard InChI is InChI=1S/C25H20ClN3OS2/c1-28-21-22(30)23(18-12-14-19(26)15-13-18)32-29(16-17-8-4-2-5-9-17)24(21)27-25(28)31-20-10-6-3-7-11-20/h2-15,23H,16H2,1H3. The second-order valence-corrected chi connectivity index (χ2v) is 10.1. The highest BCUT2D eigenvalue weighted by molar-refractivity contribution is 8.01. The lowest BCUT2D eigenvalue weighted by molar-refractivity contribution is 0.0980. The Morgan fingerprint density at radius 3 is 2.31 bits per heavy atom. The highest BCUT2D eigenvalue weighted by Crippen LogP contribution is 2.46. The van der Waals surface area contributed by atoms with E-state index in [2.05, 4.69) is 16.4 Å². The predicted octanol–water partition coefficient (Wildman–Crippen LogP) is 6.82. The SMILES string of the molecule is Cn1c(Sc2ccccc2)nc2c1C(=O)C(c1ccc(Cl)cc1)SN2Cc1ccccc1. The van der Waals surface area contributed by atoms with E-state index in [0.717, 1.165) is 27.0 Å². The molecule has 4 aromatic rings. The number of anilines is 1. The minimum atomic E-state index is -0.353. The molecule has 1 aromatic heterocycles. The topological polar surface area (TPSA) is 38.1 Å². The van der Waals surface area contributed by atoms with Crippen LogP contribution >= 0.6 is 35.3 Å². The summed E-state index contributed by atoms with van der Waals surface area (Å²) in [7, 11) is 1.92. The molecule has 0 amide bonds. The molecule has 1 aliphatic rings. The number of halogens is 1. The van der Waals surface area contributed by atoms with Gasteiger partial charge >= 0.3 is 0 Å². The van der Waals surface area contributed by atoms with Crippen LogP contribution in [0.2, 0.25) is 5.02 Å². The number of benzene rings is 3. The number of aromatic nitrogens is 2. The van der Waals surface area contributed by atoms with Crippen LogP contribution in [0.5, 0.6) is 0 Å². The number of nitrogens with zero attached hydrogens (tertiary/aromatic N) is 3. The zero-order valence-electron chi connectivity index (χ0n) is 17.3. The second kappa shape index (κ2) is 9.06. The molecular formula is C25H20ClN3OS2. The van der Waals surface area contributed by atoms with Crippen LogP contribution in [-0.2, 0) is 13.6 Å². The molecule has 0 fully saturated rings. The van der Waals surface area contributed by atoms with Crippen LogP contribution in [0.1, 0.15) is 26.9 Å². The molecule has 2 heterocycles. The highest BCUT2D eigenvalue weighted by Gasteiger charge is 2.38. The summed E-state index contributed by atoms with van der Waals surface area (Å²) in [6.07, 6.45) is 0. The van der Waals surface area contributed by atoms with Crippen LogP contribution in [0.15, 0.2) is 95.0 Å². The van der Waals surface area contributed by atoms with Crippen LogP contribution in [-0.4, -0.2) is 15.3 Å². The predicted molar refractivity (Wildman–Crippen MR) is 133 cm³/mol. The molecule has 7 heteroatoms. The van der Waals surface area contributed by atoms with E-state index in [-0.39, 0.29) is 11.0 Å². The fraction of sp³-hybridized carbons (Fsp3) is 0.120. The van der Waals surface area contributed by atoms with Crippen molar-refractivity contribution in [1.82, 2.24) is 9.55 Å². The Morgan fingerprint density at radius 2 is 1.62 bits per heavy atom. The first-order valence-electron chi connectivity index (χ1n) is 10.2. The molecule has 0 saturated heterocycles. The fourth-order valence-corrected chi connectivity index (χ4v) is 5.84. The lowest BCUT2D eigenvalue weighted by Gasteiger charge is -2.31. The van der Waals surface area contributed by atoms with Gasteiger partial charge in [-0.25, -0.2) is 4.98 Å². The van der Waals surface area contributed by atoms with Crippen LogP contribution in [0.4, 0.5) is 5.82 Å². The minimum Gasteiger partial charge on any atom is -0.317 e. The molecule has 0 aliphatic carbocycles. The molecule has 1 aliphatic heterocycles. The summed E-state index contributed by atoms with van der Waals surface area (Å²) in [5, 5.41) is 1.10. The van der Waals surface area contributed by atoms with Crippen molar-refractivity contribution >= 4 is 46.9 Å². The van der Waals surface area contributed by atoms with Gasteiger partial charge in [0.2, 0.25) is 5.78 Å². The van der Waals surface area contributed by atoms with Gasteiger partial charge < -0.3 is 4.57 Å². The lowest BCUT2D eigenvalue weighted by Crippen LogP contribution is -2.28. The van der Waals surface area contributed by atoms with Crippen molar-refractivity contribution in [3.05, 3.63) is 107 Å². The molecule has 0 spiro atoms. The van der Waals surface area contributed by atoms with Gasteiger partial charge in [0, 0.05) is 17.0 Å². The van der Waals surface area contributed by atoms with E-state index in [4.69, 9.17) is 16.6 Å². The van der Waals surface area contributed by atoms with Gasteiger partial charge in [-0.2, -0.15) is 0 Å². The van der Waals surface area contributed by atoms with Gasteiger partial charge in [0.25, 0.3) is 0 Å². The number of hydrogen-bond donors (Lipinski definition) is 0. The molecule has 0 radical (unpaired) electrons. The Morgan fingerprint density at radius 1 is 0.969 bits per heavy atom. The van der Waals surface area contributed by atoms with E-state index in [1.54, 1.807) is 11.8 Å². The first-order valence-corrected chi connectivity index (χ1v) is 12.2. The summed E-state index contributed by atoms with van der Waals surface area (Å²) in [5.41, 5.74) is 2.74. The third-order valence-electron chi connectivity index (χ3n) is 5.27. The Kier molecular flexibility index (Phi) is 6.00. The van der Waals surface area contributed by atoms with E-state index in [0.29, 0.717) is 17.3 Å². The summed E-state index contributed by atoms with van der Waals surface area (Å²) >= 11 is 9.17. The summed E-state index contributed by atoms with van der Waals surface area (Å²) in [6, 6.07) is 27.9. The van der Waals surface area contributed by atoms with Gasteiger partial charge in [0.05, 0.1) is 6.54 Å². The average Bonchev–Trinajstić information content (AvgIpc) is 3.14. The first kappa shape index (κ1) is 21.2. The van der Waals surface area contributed by atoms with Crippen molar-refractivity contribution in [3.63, 3.8) is 0 Å². The van der Waals surface area contributed by atoms with Gasteiger partial charge in [0.1, 0.15) is 10.9 Å². The Hall–Kier alpha value is -2.67. The van der Waals surface area contributed by atoms with Gasteiger partial charge in [0.15, 0.2) is 11.0 Å². The summed E-state index contributed by atoms with van der Waals surface area (Å²) in [5.74, 6) is 0.779. The maximum Gasteiger partial charge on any atom is 0.202 e. The van der Waals surface area contributed by atoms with Crippen molar-refractivity contribution in [3.8, 4) is 0 Å². The van der Waals surface area contributed by atoms with Crippen molar-refractivity contribution in [2.24, 2.45) is 7.05 Å². The second-order valence-electron chi connectivity index (χ2n) is 7.46. The third kappa shape index (κ3) is 4.18. The zero-order chi connectivity index (χ0) is 22.1. The molecule has 0 saturated carbocycles. The van der Waals surface area contributed by atoms with Crippen LogP contribution < -0.4 is 4.31 Å². The number of carbonyl (C=O) groups is 1. The van der Waals surface area contributed by atoms with Crippen molar-refractivity contribution in [2.45, 2.75) is 21.8 Å². The first-order chi connectivity index (χ1) is 15.6. The number of fused-ring (bicyclic) bond motifs is 1. The number of imidazole rings is 1. The summed E-state index contributed by atoms with van der Waals surface area (Å²) in [6.45, 7) is 0.655. The maximum absolute atomic E-state index is 13.6. The number of carbonyl (C=O) groups excluding carboxylic acids is 1. The van der Waals surface area contributed by atoms with E-state index in [1.165, 1.54) is 11.9 Å². The van der Waals surface area contributed by atoms with Gasteiger partial charge in [-0.1, -0.05) is 84.0 Å². The van der Waals surface area contributed by atoms with Crippen LogP contribution in [0, 0.1) is 0 Å². The smallest absolute Gasteiger partial charge is 0.202 e. The number of rotatable bonds is 5. The molecule has 0 bridgehead atoms. The third-order valence-corrected chi connectivity index (χ3v) is 7.83. The number of hydrogen-bond acceptors (Lipinski definition) is 5. The molecule has 5 rings (SSSR count). The van der Waals surface area contributed by atoms with Crippen molar-refractivity contribution in [2.75, 3.05) is 4.31 Å². The molecular weight excluding hydrogens is 458 g/mol. The molecule has 32 heavy (non-hydrogen) atoms. The maximum atomic E-state index is 13.6. The molecule has 160 valence electrons. The quantitative estimate of drug-likeness (QED) is 0.295. The van der Waals surface area contributed by atoms with E-state index in [9.17, 15) is 4.79 Å². The molecule has 1 unspecified atom stereocenters. The highest BCUT2D eigenvalue weighted by atomic mass is 35.5. The molecule has 0 N–H and O–H groups in total. The van der Waals surface area contributed by atoms with E-state index < -0.39 is 0 Å². The minimum absolute atomic E-state index is 0.0616. The number of ketones is 1. The average molecular weight is 478 g/mol. The zero-order valence-corrected chi connectivity index (χ0v) is 19.7. The molecule has 1 atom stereocenters. The van der Waals surface area contributed by atoms with E-state index >= 15 is 0 Å². The normalized spacial score (nSPS) is 15.6. The Labute approximate surface area is 200 Å².